The Morgan fingerprint density at radius 2 is 1.59 bits per heavy atom. The van der Waals surface area contributed by atoms with E-state index in [1.807, 2.05) is 105 Å². The molecule has 0 N–H and O–H groups in total. The number of halogens is 1. The molecule has 0 aliphatic rings. The molecule has 0 aliphatic carbocycles. The van der Waals surface area contributed by atoms with Gasteiger partial charge in [-0.2, -0.15) is 0 Å². The minimum absolute atomic E-state index is 0. The first-order chi connectivity index (χ1) is 21.1. The molecule has 7 heteroatoms. The molecule has 4 aromatic carbocycles. The summed E-state index contributed by atoms with van der Waals surface area (Å²) in [5, 5.41) is 1.77. The number of aryl methyl sites for hydroxylation is 2. The summed E-state index contributed by atoms with van der Waals surface area (Å²) in [5.74, 6) is 0.382. The predicted octanol–water partition coefficient (Wildman–Crippen LogP) is 9.09. The van der Waals surface area contributed by atoms with Gasteiger partial charge in [0.25, 0.3) is 0 Å². The van der Waals surface area contributed by atoms with Crippen LogP contribution in [0.15, 0.2) is 120 Å². The number of rotatable bonds is 3. The van der Waals surface area contributed by atoms with Crippen LogP contribution < -0.4 is 0 Å². The van der Waals surface area contributed by atoms with Crippen molar-refractivity contribution in [2.75, 3.05) is 0 Å². The Morgan fingerprint density at radius 1 is 0.773 bits per heavy atom. The van der Waals surface area contributed by atoms with E-state index < -0.39 is 0 Å². The molecule has 0 spiro atoms. The van der Waals surface area contributed by atoms with Gasteiger partial charge in [0.05, 0.1) is 28.1 Å². The summed E-state index contributed by atoms with van der Waals surface area (Å²) in [4.78, 5) is 13.8. The molecule has 0 amide bonds. The number of pyridine rings is 2. The fraction of sp³-hybridized carbons (Fsp3) is 0.0541. The van der Waals surface area contributed by atoms with Crippen LogP contribution in [0.25, 0.3) is 61.3 Å². The molecular weight excluding hydrogens is 728 g/mol. The Hall–Kier alpha value is -4.97. The third kappa shape index (κ3) is 5.44. The molecule has 0 saturated carbocycles. The van der Waals surface area contributed by atoms with E-state index in [0.717, 1.165) is 55.7 Å². The molecule has 0 bridgehead atoms. The maximum absolute atomic E-state index is 13.8. The zero-order valence-corrected chi connectivity index (χ0v) is 26.3. The van der Waals surface area contributed by atoms with Gasteiger partial charge in [0.15, 0.2) is 0 Å². The van der Waals surface area contributed by atoms with Crippen LogP contribution >= 0.6 is 0 Å². The molecule has 0 atom stereocenters. The summed E-state index contributed by atoms with van der Waals surface area (Å²) in [6.07, 6.45) is 1.79. The average molecular weight is 753 g/mol. The molecule has 0 saturated heterocycles. The van der Waals surface area contributed by atoms with Gasteiger partial charge in [0.1, 0.15) is 11.4 Å². The van der Waals surface area contributed by atoms with Crippen LogP contribution in [0.1, 0.15) is 11.4 Å². The standard InChI is InChI=1S/C26H17FN3O.C11H8N.Ir/c1-15-13-22-24(16(2)28-15)29-26(30(22)18-7-4-3-5-8-18)21-10-6-9-20-19-12-11-17(27)14-23(19)31-25(20)21;1-2-6-10(7-3-1)11-8-4-5-9-12-11;/h3-9,11-14H,1-2H3;1-6,8-9H;/q2*-1;. The summed E-state index contributed by atoms with van der Waals surface area (Å²) in [7, 11) is 0. The van der Waals surface area contributed by atoms with E-state index in [4.69, 9.17) is 9.40 Å². The van der Waals surface area contributed by atoms with E-state index in [-0.39, 0.29) is 25.9 Å². The second-order valence-corrected chi connectivity index (χ2v) is 10.2. The van der Waals surface area contributed by atoms with E-state index in [1.165, 1.54) is 12.1 Å². The van der Waals surface area contributed by atoms with Crippen molar-refractivity contribution >= 4 is 33.0 Å². The van der Waals surface area contributed by atoms with Gasteiger partial charge in [-0.3, -0.25) is 9.97 Å². The third-order valence-corrected chi connectivity index (χ3v) is 7.23. The third-order valence-electron chi connectivity index (χ3n) is 7.23. The number of benzene rings is 4. The van der Waals surface area contributed by atoms with Crippen molar-refractivity contribution in [2.45, 2.75) is 13.8 Å². The monoisotopic (exact) mass is 753 g/mol. The Labute approximate surface area is 267 Å². The molecule has 4 aromatic heterocycles. The van der Waals surface area contributed by atoms with Crippen LogP contribution in [0.3, 0.4) is 0 Å². The second-order valence-electron chi connectivity index (χ2n) is 10.2. The number of fused-ring (bicyclic) bond motifs is 4. The maximum atomic E-state index is 13.8. The zero-order valence-electron chi connectivity index (χ0n) is 23.9. The van der Waals surface area contributed by atoms with E-state index in [2.05, 4.69) is 26.7 Å². The van der Waals surface area contributed by atoms with Gasteiger partial charge in [-0.1, -0.05) is 41.3 Å². The second kappa shape index (κ2) is 12.3. The molecule has 4 heterocycles. The largest absolute Gasteiger partial charge is 0.500 e. The van der Waals surface area contributed by atoms with Gasteiger partial charge in [0, 0.05) is 49.1 Å². The number of hydrogen-bond donors (Lipinski definition) is 0. The summed E-state index contributed by atoms with van der Waals surface area (Å²) in [6, 6.07) is 40.7. The van der Waals surface area contributed by atoms with Crippen molar-refractivity contribution < 1.29 is 28.9 Å². The fourth-order valence-electron chi connectivity index (χ4n) is 5.34. The van der Waals surface area contributed by atoms with Crippen LogP contribution in [-0.4, -0.2) is 19.5 Å². The summed E-state index contributed by atoms with van der Waals surface area (Å²) >= 11 is 0. The van der Waals surface area contributed by atoms with E-state index >= 15 is 0 Å². The van der Waals surface area contributed by atoms with Gasteiger partial charge < -0.3 is 14.0 Å². The number of aromatic nitrogens is 4. The quantitative estimate of drug-likeness (QED) is 0.169. The van der Waals surface area contributed by atoms with Crippen molar-refractivity contribution in [2.24, 2.45) is 0 Å². The molecule has 8 rings (SSSR count). The first kappa shape index (κ1) is 29.1. The van der Waals surface area contributed by atoms with Gasteiger partial charge in [-0.05, 0) is 55.9 Å². The molecule has 0 fully saturated rings. The van der Waals surface area contributed by atoms with Crippen LogP contribution in [0.4, 0.5) is 4.39 Å². The zero-order chi connectivity index (χ0) is 29.3. The Bertz CT molecular complexity index is 2170. The van der Waals surface area contributed by atoms with Gasteiger partial charge >= 0.3 is 0 Å². The fourth-order valence-corrected chi connectivity index (χ4v) is 5.34. The average Bonchev–Trinajstić information content (AvgIpc) is 3.61. The molecule has 8 aromatic rings. The molecule has 217 valence electrons. The summed E-state index contributed by atoms with van der Waals surface area (Å²) in [5.41, 5.74) is 8.46. The molecule has 1 radical (unpaired) electrons. The van der Waals surface area contributed by atoms with Crippen molar-refractivity contribution in [3.8, 4) is 28.3 Å². The van der Waals surface area contributed by atoms with Crippen molar-refractivity contribution in [1.29, 1.82) is 0 Å². The number of imidazole rings is 1. The molecule has 5 nitrogen and oxygen atoms in total. The van der Waals surface area contributed by atoms with Crippen LogP contribution in [0.5, 0.6) is 0 Å². The number of para-hydroxylation sites is 1. The first-order valence-corrected chi connectivity index (χ1v) is 13.9. The molecule has 0 unspecified atom stereocenters. The number of nitrogens with zero attached hydrogens (tertiary/aromatic N) is 4. The van der Waals surface area contributed by atoms with E-state index in [1.54, 1.807) is 12.3 Å². The van der Waals surface area contributed by atoms with Crippen molar-refractivity contribution in [3.63, 3.8) is 0 Å². The smallest absolute Gasteiger partial charge is 0.126 e. The van der Waals surface area contributed by atoms with Gasteiger partial charge in [0.2, 0.25) is 0 Å². The van der Waals surface area contributed by atoms with E-state index in [9.17, 15) is 4.39 Å². The van der Waals surface area contributed by atoms with Gasteiger partial charge in [-0.15, -0.1) is 54.1 Å². The SMILES string of the molecule is Cc1cc2c(nc(-c3[c-]ccc4c3oc3cc(F)ccc34)n2-c2ccccc2)c(C)n1.[Ir].[c-]1ccccc1-c1ccccn1. The van der Waals surface area contributed by atoms with Gasteiger partial charge in [-0.25, -0.2) is 4.39 Å². The first-order valence-electron chi connectivity index (χ1n) is 13.9. The van der Waals surface area contributed by atoms with E-state index in [0.29, 0.717) is 17.0 Å². The molecule has 44 heavy (non-hydrogen) atoms. The minimum Gasteiger partial charge on any atom is -0.500 e. The Balaban J connectivity index is 0.000000222. The molecule has 0 aliphatic heterocycles. The van der Waals surface area contributed by atoms with Crippen LogP contribution in [0, 0.1) is 31.8 Å². The normalized spacial score (nSPS) is 10.9. The summed E-state index contributed by atoms with van der Waals surface area (Å²) in [6.45, 7) is 3.95. The van der Waals surface area contributed by atoms with Crippen molar-refractivity contribution in [3.05, 3.63) is 145 Å². The predicted molar refractivity (Wildman–Crippen MR) is 168 cm³/mol. The maximum Gasteiger partial charge on any atom is 0.126 e. The topological polar surface area (TPSA) is 56.7 Å². The molecular formula is C37H25FIrN4O-2. The van der Waals surface area contributed by atoms with Crippen molar-refractivity contribution in [1.82, 2.24) is 19.5 Å². The number of furan rings is 1. The van der Waals surface area contributed by atoms with Crippen LogP contribution in [0.2, 0.25) is 0 Å². The number of hydrogen-bond acceptors (Lipinski definition) is 4. The Morgan fingerprint density at radius 3 is 2.36 bits per heavy atom. The minimum atomic E-state index is -0.328. The van der Waals surface area contributed by atoms with Crippen LogP contribution in [-0.2, 0) is 20.1 Å². The summed E-state index contributed by atoms with van der Waals surface area (Å²) < 4.78 is 22.0. The Kier molecular flexibility index (Phi) is 8.16.